The van der Waals surface area contributed by atoms with E-state index in [9.17, 15) is 0 Å². The monoisotopic (exact) mass is 249 g/mol. The summed E-state index contributed by atoms with van der Waals surface area (Å²) in [6, 6.07) is 10.7. The maximum absolute atomic E-state index is 5.22. The van der Waals surface area contributed by atoms with E-state index in [0.717, 1.165) is 26.0 Å². The van der Waals surface area contributed by atoms with Gasteiger partial charge in [0.2, 0.25) is 0 Å². The van der Waals surface area contributed by atoms with Crippen molar-refractivity contribution in [1.82, 2.24) is 5.32 Å². The Morgan fingerprint density at radius 3 is 2.44 bits per heavy atom. The highest BCUT2D eigenvalue weighted by Gasteiger charge is 2.18. The third kappa shape index (κ3) is 5.19. The van der Waals surface area contributed by atoms with Crippen molar-refractivity contribution >= 4 is 0 Å². The molecule has 0 heterocycles. The lowest BCUT2D eigenvalue weighted by molar-refractivity contribution is 0.185. The molecule has 2 heteroatoms. The summed E-state index contributed by atoms with van der Waals surface area (Å²) in [5.74, 6) is 0.525. The average Bonchev–Trinajstić information content (AvgIpc) is 2.40. The van der Waals surface area contributed by atoms with Crippen LogP contribution in [0.4, 0.5) is 0 Å². The molecule has 0 aliphatic carbocycles. The Labute approximate surface area is 112 Å². The van der Waals surface area contributed by atoms with Gasteiger partial charge in [0.15, 0.2) is 0 Å². The van der Waals surface area contributed by atoms with Gasteiger partial charge in [0.1, 0.15) is 0 Å². The van der Waals surface area contributed by atoms with Crippen LogP contribution >= 0.6 is 0 Å². The Bertz CT molecular complexity index is 321. The highest BCUT2D eigenvalue weighted by Crippen LogP contribution is 2.20. The summed E-state index contributed by atoms with van der Waals surface area (Å²) in [6.07, 6.45) is 2.20. The molecule has 1 aromatic rings. The molecule has 0 aromatic heterocycles. The third-order valence-corrected chi connectivity index (χ3v) is 3.65. The van der Waals surface area contributed by atoms with E-state index in [4.69, 9.17) is 4.74 Å². The molecule has 0 radical (unpaired) electrons. The first-order chi connectivity index (χ1) is 8.59. The highest BCUT2D eigenvalue weighted by atomic mass is 16.5. The SMILES string of the molecule is CCC(C)(C)NCC(CCOC)c1ccccc1. The first-order valence-electron chi connectivity index (χ1n) is 6.88. The van der Waals surface area contributed by atoms with Crippen molar-refractivity contribution in [1.29, 1.82) is 0 Å². The van der Waals surface area contributed by atoms with E-state index in [1.54, 1.807) is 7.11 Å². The minimum atomic E-state index is 0.208. The fraction of sp³-hybridized carbons (Fsp3) is 0.625. The Morgan fingerprint density at radius 2 is 1.89 bits per heavy atom. The van der Waals surface area contributed by atoms with E-state index in [2.05, 4.69) is 56.4 Å². The van der Waals surface area contributed by atoms with Crippen molar-refractivity contribution in [2.75, 3.05) is 20.3 Å². The summed E-state index contributed by atoms with van der Waals surface area (Å²) in [5.41, 5.74) is 1.61. The van der Waals surface area contributed by atoms with Crippen LogP contribution in [-0.2, 0) is 4.74 Å². The number of rotatable bonds is 8. The molecule has 0 aliphatic rings. The fourth-order valence-corrected chi connectivity index (χ4v) is 1.90. The van der Waals surface area contributed by atoms with Gasteiger partial charge in [-0.15, -0.1) is 0 Å². The zero-order chi connectivity index (χ0) is 13.4. The predicted octanol–water partition coefficient (Wildman–Crippen LogP) is 3.58. The zero-order valence-electron chi connectivity index (χ0n) is 12.2. The molecule has 0 bridgehead atoms. The second kappa shape index (κ2) is 7.55. The molecule has 0 spiro atoms. The molecule has 2 nitrogen and oxygen atoms in total. The second-order valence-electron chi connectivity index (χ2n) is 5.51. The molecule has 0 fully saturated rings. The molecule has 102 valence electrons. The van der Waals surface area contributed by atoms with E-state index in [0.29, 0.717) is 5.92 Å². The van der Waals surface area contributed by atoms with Crippen LogP contribution in [0.25, 0.3) is 0 Å². The van der Waals surface area contributed by atoms with E-state index in [1.807, 2.05) is 0 Å². The Morgan fingerprint density at radius 1 is 1.22 bits per heavy atom. The lowest BCUT2D eigenvalue weighted by Crippen LogP contribution is -2.41. The van der Waals surface area contributed by atoms with Gasteiger partial charge in [0.05, 0.1) is 0 Å². The summed E-state index contributed by atoms with van der Waals surface area (Å²) in [5, 5.41) is 3.66. The zero-order valence-corrected chi connectivity index (χ0v) is 12.2. The number of ether oxygens (including phenoxy) is 1. The van der Waals surface area contributed by atoms with Crippen LogP contribution in [0.2, 0.25) is 0 Å². The van der Waals surface area contributed by atoms with Gasteiger partial charge in [0, 0.05) is 25.8 Å². The van der Waals surface area contributed by atoms with E-state index in [1.165, 1.54) is 5.56 Å². The van der Waals surface area contributed by atoms with Crippen molar-refractivity contribution in [3.05, 3.63) is 35.9 Å². The van der Waals surface area contributed by atoms with E-state index in [-0.39, 0.29) is 5.54 Å². The van der Waals surface area contributed by atoms with Gasteiger partial charge in [0.25, 0.3) is 0 Å². The van der Waals surface area contributed by atoms with Crippen molar-refractivity contribution in [3.63, 3.8) is 0 Å². The highest BCUT2D eigenvalue weighted by molar-refractivity contribution is 5.20. The molecular formula is C16H27NO. The molecule has 1 N–H and O–H groups in total. The number of nitrogens with one attached hydrogen (secondary N) is 1. The Balaban J connectivity index is 2.62. The molecule has 1 aromatic carbocycles. The fourth-order valence-electron chi connectivity index (χ4n) is 1.90. The van der Waals surface area contributed by atoms with Gasteiger partial charge >= 0.3 is 0 Å². The normalized spacial score (nSPS) is 13.6. The lowest BCUT2D eigenvalue weighted by atomic mass is 9.94. The van der Waals surface area contributed by atoms with Gasteiger partial charge in [-0.2, -0.15) is 0 Å². The molecule has 0 saturated heterocycles. The summed E-state index contributed by atoms with van der Waals surface area (Å²) >= 11 is 0. The first-order valence-corrected chi connectivity index (χ1v) is 6.88. The first kappa shape index (κ1) is 15.2. The van der Waals surface area contributed by atoms with Gasteiger partial charge in [-0.3, -0.25) is 0 Å². The number of hydrogen-bond donors (Lipinski definition) is 1. The molecular weight excluding hydrogens is 222 g/mol. The van der Waals surface area contributed by atoms with Crippen LogP contribution in [-0.4, -0.2) is 25.8 Å². The van der Waals surface area contributed by atoms with Crippen molar-refractivity contribution in [2.45, 2.75) is 45.1 Å². The minimum absolute atomic E-state index is 0.208. The molecule has 1 atom stereocenters. The van der Waals surface area contributed by atoms with Crippen molar-refractivity contribution in [3.8, 4) is 0 Å². The quantitative estimate of drug-likeness (QED) is 0.760. The van der Waals surface area contributed by atoms with E-state index >= 15 is 0 Å². The summed E-state index contributed by atoms with van der Waals surface area (Å²) in [6.45, 7) is 8.55. The van der Waals surface area contributed by atoms with Crippen LogP contribution in [0.3, 0.4) is 0 Å². The summed E-state index contributed by atoms with van der Waals surface area (Å²) in [4.78, 5) is 0. The average molecular weight is 249 g/mol. The van der Waals surface area contributed by atoms with Crippen LogP contribution in [0.1, 0.15) is 45.1 Å². The minimum Gasteiger partial charge on any atom is -0.385 e. The van der Waals surface area contributed by atoms with E-state index < -0.39 is 0 Å². The maximum atomic E-state index is 5.22. The molecule has 0 amide bonds. The van der Waals surface area contributed by atoms with Gasteiger partial charge in [-0.05, 0) is 38.2 Å². The lowest BCUT2D eigenvalue weighted by Gasteiger charge is -2.28. The molecule has 1 unspecified atom stereocenters. The largest absolute Gasteiger partial charge is 0.385 e. The Kier molecular flexibility index (Phi) is 6.37. The number of hydrogen-bond acceptors (Lipinski definition) is 2. The standard InChI is InChI=1S/C16H27NO/c1-5-16(2,3)17-13-15(11-12-18-4)14-9-7-6-8-10-14/h6-10,15,17H,5,11-13H2,1-4H3. The van der Waals surface area contributed by atoms with Gasteiger partial charge < -0.3 is 10.1 Å². The number of methoxy groups -OCH3 is 1. The van der Waals surface area contributed by atoms with Crippen LogP contribution in [0.5, 0.6) is 0 Å². The molecule has 1 rings (SSSR count). The third-order valence-electron chi connectivity index (χ3n) is 3.65. The summed E-state index contributed by atoms with van der Waals surface area (Å²) in [7, 11) is 1.77. The molecule has 0 aliphatic heterocycles. The topological polar surface area (TPSA) is 21.3 Å². The van der Waals surface area contributed by atoms with Gasteiger partial charge in [-0.1, -0.05) is 37.3 Å². The second-order valence-corrected chi connectivity index (χ2v) is 5.51. The smallest absolute Gasteiger partial charge is 0.0468 e. The maximum Gasteiger partial charge on any atom is 0.0468 e. The van der Waals surface area contributed by atoms with Crippen molar-refractivity contribution < 1.29 is 4.74 Å². The Hall–Kier alpha value is -0.860. The van der Waals surface area contributed by atoms with Gasteiger partial charge in [-0.25, -0.2) is 0 Å². The molecule has 0 saturated carbocycles. The summed E-state index contributed by atoms with van der Waals surface area (Å²) < 4.78 is 5.22. The van der Waals surface area contributed by atoms with Crippen LogP contribution in [0.15, 0.2) is 30.3 Å². The predicted molar refractivity (Wildman–Crippen MR) is 78.0 cm³/mol. The van der Waals surface area contributed by atoms with Crippen LogP contribution in [0, 0.1) is 0 Å². The van der Waals surface area contributed by atoms with Crippen molar-refractivity contribution in [2.24, 2.45) is 0 Å². The number of benzene rings is 1. The molecule has 18 heavy (non-hydrogen) atoms. The van der Waals surface area contributed by atoms with Crippen LogP contribution < -0.4 is 5.32 Å².